The van der Waals surface area contributed by atoms with Gasteiger partial charge in [-0.2, -0.15) is 0 Å². The third-order valence-corrected chi connectivity index (χ3v) is 5.04. The molecule has 0 saturated heterocycles. The quantitative estimate of drug-likeness (QED) is 0.533. The molecule has 0 bridgehead atoms. The summed E-state index contributed by atoms with van der Waals surface area (Å²) in [5, 5.41) is 0. The van der Waals surface area contributed by atoms with Crippen molar-refractivity contribution in [3.63, 3.8) is 0 Å². The maximum atomic E-state index is 2.58. The molecule has 3 fully saturated rings. The molecule has 13 heavy (non-hydrogen) atoms. The van der Waals surface area contributed by atoms with Crippen LogP contribution in [-0.4, -0.2) is 0 Å². The van der Waals surface area contributed by atoms with Crippen LogP contribution < -0.4 is 0 Å². The lowest BCUT2D eigenvalue weighted by molar-refractivity contribution is 0.324. The molecule has 0 aromatic carbocycles. The van der Waals surface area contributed by atoms with E-state index in [2.05, 4.69) is 12.2 Å². The smallest absolute Gasteiger partial charge is 0.00498 e. The normalized spacial score (nSPS) is 57.4. The molecule has 0 N–H and O–H groups in total. The molecule has 4 rings (SSSR count). The molecule has 3 saturated carbocycles. The van der Waals surface area contributed by atoms with Gasteiger partial charge in [0.15, 0.2) is 0 Å². The SMILES string of the molecule is C1=CC2(C3CCCC4C[C]43)CC2C1. The highest BCUT2D eigenvalue weighted by Gasteiger charge is 2.64. The summed E-state index contributed by atoms with van der Waals surface area (Å²) in [5.74, 6) is 5.17. The van der Waals surface area contributed by atoms with Gasteiger partial charge in [0.25, 0.3) is 0 Å². The maximum Gasteiger partial charge on any atom is -0.00498 e. The van der Waals surface area contributed by atoms with Crippen molar-refractivity contribution in [1.82, 2.24) is 0 Å². The molecule has 0 nitrogen and oxygen atoms in total. The van der Waals surface area contributed by atoms with Crippen molar-refractivity contribution >= 4 is 0 Å². The van der Waals surface area contributed by atoms with Crippen LogP contribution in [0, 0.1) is 29.1 Å². The Kier molecular flexibility index (Phi) is 1.11. The number of hydrogen-bond donors (Lipinski definition) is 0. The first-order valence-corrected chi connectivity index (χ1v) is 5.93. The Morgan fingerprint density at radius 1 is 1.31 bits per heavy atom. The number of rotatable bonds is 1. The van der Waals surface area contributed by atoms with Gasteiger partial charge < -0.3 is 0 Å². The Hall–Kier alpha value is -0.260. The molecule has 0 spiro atoms. The maximum absolute atomic E-state index is 2.58. The standard InChI is InChI=1S/C13H17/c1-3-9-7-11(9)12(5-1)13-6-2-4-10(13)8-13/h2,6,9-10,12H,1,3-5,7-8H2. The summed E-state index contributed by atoms with van der Waals surface area (Å²) in [5.41, 5.74) is 0.727. The van der Waals surface area contributed by atoms with Gasteiger partial charge in [-0.1, -0.05) is 18.6 Å². The van der Waals surface area contributed by atoms with Gasteiger partial charge >= 0.3 is 0 Å². The first-order chi connectivity index (χ1) is 6.40. The monoisotopic (exact) mass is 173 g/mol. The first-order valence-electron chi connectivity index (χ1n) is 5.93. The van der Waals surface area contributed by atoms with E-state index in [4.69, 9.17) is 0 Å². The van der Waals surface area contributed by atoms with Gasteiger partial charge in [-0.3, -0.25) is 0 Å². The highest BCUT2D eigenvalue weighted by molar-refractivity contribution is 5.33. The van der Waals surface area contributed by atoms with Crippen LogP contribution >= 0.6 is 0 Å². The second kappa shape index (κ2) is 2.04. The van der Waals surface area contributed by atoms with Crippen molar-refractivity contribution < 1.29 is 0 Å². The molecule has 4 aliphatic rings. The van der Waals surface area contributed by atoms with E-state index < -0.39 is 0 Å². The lowest BCUT2D eigenvalue weighted by atomic mass is 9.77. The Morgan fingerprint density at radius 2 is 2.31 bits per heavy atom. The Bertz CT molecular complexity index is 278. The molecule has 69 valence electrons. The van der Waals surface area contributed by atoms with Crippen molar-refractivity contribution in [3.8, 4) is 0 Å². The molecule has 0 heterocycles. The van der Waals surface area contributed by atoms with Crippen LogP contribution in [0.2, 0.25) is 0 Å². The molecule has 4 aliphatic carbocycles. The molecule has 0 aliphatic heterocycles. The van der Waals surface area contributed by atoms with E-state index in [9.17, 15) is 0 Å². The third-order valence-electron chi connectivity index (χ3n) is 5.04. The van der Waals surface area contributed by atoms with Crippen LogP contribution in [-0.2, 0) is 0 Å². The van der Waals surface area contributed by atoms with E-state index in [1.54, 1.807) is 0 Å². The highest BCUT2D eigenvalue weighted by atomic mass is 14.7. The summed E-state index contributed by atoms with van der Waals surface area (Å²) in [6, 6.07) is 0. The molecule has 0 aromatic rings. The molecule has 0 heteroatoms. The molecule has 1 radical (unpaired) electrons. The lowest BCUT2D eigenvalue weighted by Gasteiger charge is -2.27. The second-order valence-electron chi connectivity index (χ2n) is 5.61. The van der Waals surface area contributed by atoms with E-state index in [0.29, 0.717) is 0 Å². The van der Waals surface area contributed by atoms with Crippen LogP contribution in [0.15, 0.2) is 12.2 Å². The molecule has 4 atom stereocenters. The van der Waals surface area contributed by atoms with E-state index in [0.717, 1.165) is 23.2 Å². The highest BCUT2D eigenvalue weighted by Crippen LogP contribution is 2.72. The largest absolute Gasteiger partial charge is 0.0876 e. The molecule has 4 unspecified atom stereocenters. The van der Waals surface area contributed by atoms with Crippen molar-refractivity contribution in [2.45, 2.75) is 38.5 Å². The van der Waals surface area contributed by atoms with E-state index in [1.807, 2.05) is 5.92 Å². The molecular weight excluding hydrogens is 156 g/mol. The predicted molar refractivity (Wildman–Crippen MR) is 53.0 cm³/mol. The fourth-order valence-corrected chi connectivity index (χ4v) is 4.18. The van der Waals surface area contributed by atoms with Crippen molar-refractivity contribution in [2.24, 2.45) is 23.2 Å². The average Bonchev–Trinajstić information content (AvgIpc) is 3.04. The third kappa shape index (κ3) is 0.782. The summed E-state index contributed by atoms with van der Waals surface area (Å²) in [6.45, 7) is 0. The van der Waals surface area contributed by atoms with Crippen molar-refractivity contribution in [1.29, 1.82) is 0 Å². The summed E-state index contributed by atoms with van der Waals surface area (Å²) in [6.07, 6.45) is 14.0. The zero-order valence-corrected chi connectivity index (χ0v) is 8.13. The van der Waals surface area contributed by atoms with Gasteiger partial charge in [-0.25, -0.2) is 0 Å². The minimum Gasteiger partial charge on any atom is -0.0876 e. The minimum atomic E-state index is 0.727. The Morgan fingerprint density at radius 3 is 3.08 bits per heavy atom. The Labute approximate surface area is 80.4 Å². The van der Waals surface area contributed by atoms with Gasteiger partial charge in [0, 0.05) is 0 Å². The average molecular weight is 173 g/mol. The van der Waals surface area contributed by atoms with E-state index in [-0.39, 0.29) is 0 Å². The lowest BCUT2D eigenvalue weighted by Crippen LogP contribution is -2.19. The summed E-state index contributed by atoms with van der Waals surface area (Å²) >= 11 is 0. The van der Waals surface area contributed by atoms with Gasteiger partial charge in [0.1, 0.15) is 0 Å². The van der Waals surface area contributed by atoms with Gasteiger partial charge in [0.2, 0.25) is 0 Å². The Balaban J connectivity index is 1.64. The van der Waals surface area contributed by atoms with Crippen molar-refractivity contribution in [2.75, 3.05) is 0 Å². The van der Waals surface area contributed by atoms with E-state index >= 15 is 0 Å². The fourth-order valence-electron chi connectivity index (χ4n) is 4.18. The number of fused-ring (bicyclic) bond motifs is 2. The van der Waals surface area contributed by atoms with Crippen LogP contribution in [0.4, 0.5) is 0 Å². The second-order valence-corrected chi connectivity index (χ2v) is 5.61. The summed E-state index contributed by atoms with van der Waals surface area (Å²) in [4.78, 5) is 0. The van der Waals surface area contributed by atoms with Crippen LogP contribution in [0.1, 0.15) is 38.5 Å². The van der Waals surface area contributed by atoms with E-state index in [1.165, 1.54) is 38.5 Å². The van der Waals surface area contributed by atoms with Gasteiger partial charge in [-0.15, -0.1) is 0 Å². The van der Waals surface area contributed by atoms with Crippen LogP contribution in [0.5, 0.6) is 0 Å². The zero-order valence-electron chi connectivity index (χ0n) is 8.13. The van der Waals surface area contributed by atoms with Gasteiger partial charge in [0.05, 0.1) is 0 Å². The molecule has 0 amide bonds. The molecule has 0 aromatic heterocycles. The minimum absolute atomic E-state index is 0.727. The summed E-state index contributed by atoms with van der Waals surface area (Å²) < 4.78 is 0. The fraction of sp³-hybridized carbons (Fsp3) is 0.769. The topological polar surface area (TPSA) is 0 Å². The van der Waals surface area contributed by atoms with Crippen LogP contribution in [0.3, 0.4) is 0 Å². The number of allylic oxidation sites excluding steroid dienone is 2. The molecular formula is C13H17. The van der Waals surface area contributed by atoms with Gasteiger partial charge in [-0.05, 0) is 61.2 Å². The summed E-state index contributed by atoms with van der Waals surface area (Å²) in [7, 11) is 0. The zero-order chi connectivity index (χ0) is 8.47. The van der Waals surface area contributed by atoms with Crippen molar-refractivity contribution in [3.05, 3.63) is 18.1 Å². The van der Waals surface area contributed by atoms with Crippen LogP contribution in [0.25, 0.3) is 0 Å². The predicted octanol–water partition coefficient (Wildman–Crippen LogP) is 3.35. The first kappa shape index (κ1) is 7.09. The number of hydrogen-bond acceptors (Lipinski definition) is 0.